The summed E-state index contributed by atoms with van der Waals surface area (Å²) in [6, 6.07) is -4.44. The molecule has 11 heteroatoms. The number of amides is 3. The molecule has 0 spiro atoms. The number of carbonyl (C=O) groups excluding carboxylic acids is 3. The highest BCUT2D eigenvalue weighted by Crippen LogP contribution is 1.94. The lowest BCUT2D eigenvalue weighted by Gasteiger charge is -2.22. The van der Waals surface area contributed by atoms with Gasteiger partial charge < -0.3 is 31.9 Å². The third-order valence-corrected chi connectivity index (χ3v) is 3.14. The fourth-order valence-corrected chi connectivity index (χ4v) is 1.60. The van der Waals surface area contributed by atoms with Gasteiger partial charge in [0.2, 0.25) is 17.7 Å². The number of aliphatic hydroxyl groups is 1. The number of nitrogens with two attached hydrogens (primary N) is 1. The fourth-order valence-electron chi connectivity index (χ4n) is 1.34. The van der Waals surface area contributed by atoms with E-state index in [1.165, 1.54) is 13.8 Å². The van der Waals surface area contributed by atoms with E-state index in [0.717, 1.165) is 0 Å². The molecule has 132 valence electrons. The van der Waals surface area contributed by atoms with Crippen molar-refractivity contribution in [3.63, 3.8) is 0 Å². The van der Waals surface area contributed by atoms with Crippen LogP contribution in [0.2, 0.25) is 0 Å². The average molecular weight is 350 g/mol. The van der Waals surface area contributed by atoms with Gasteiger partial charge in [0, 0.05) is 5.75 Å². The minimum Gasteiger partial charge on any atom is -0.480 e. The van der Waals surface area contributed by atoms with Gasteiger partial charge in [-0.25, -0.2) is 0 Å². The Kier molecular flexibility index (Phi) is 9.22. The Morgan fingerprint density at radius 3 is 1.87 bits per heavy atom. The molecule has 3 amide bonds. The molecule has 0 aromatic heterocycles. The highest BCUT2D eigenvalue weighted by atomic mass is 32.1. The Morgan fingerprint density at radius 2 is 1.48 bits per heavy atom. The van der Waals surface area contributed by atoms with Gasteiger partial charge in [0.05, 0.1) is 12.6 Å². The van der Waals surface area contributed by atoms with E-state index >= 15 is 0 Å². The SMILES string of the molecule is CC(N)C(=O)NC(CS)C(=O)NC(CO)C(=O)NC(C)C(=O)O. The average Bonchev–Trinajstić information content (AvgIpc) is 2.48. The number of aliphatic carboxylic acids is 1. The molecule has 0 rings (SSSR count). The number of aliphatic hydroxyl groups excluding tert-OH is 1. The van der Waals surface area contributed by atoms with E-state index < -0.39 is 54.5 Å². The summed E-state index contributed by atoms with van der Waals surface area (Å²) in [4.78, 5) is 45.9. The number of nitrogens with one attached hydrogen (secondary N) is 3. The fraction of sp³-hybridized carbons (Fsp3) is 0.667. The van der Waals surface area contributed by atoms with Crippen LogP contribution in [0.25, 0.3) is 0 Å². The normalized spacial score (nSPS) is 15.7. The molecule has 0 aliphatic heterocycles. The van der Waals surface area contributed by atoms with Crippen LogP contribution in [-0.4, -0.2) is 70.4 Å². The molecular formula is C12H22N4O6S. The first-order chi connectivity index (χ1) is 10.6. The van der Waals surface area contributed by atoms with Crippen LogP contribution in [0.5, 0.6) is 0 Å². The van der Waals surface area contributed by atoms with Crippen LogP contribution in [0.3, 0.4) is 0 Å². The van der Waals surface area contributed by atoms with Crippen molar-refractivity contribution >= 4 is 36.3 Å². The van der Waals surface area contributed by atoms with Gasteiger partial charge in [0.15, 0.2) is 0 Å². The summed E-state index contributed by atoms with van der Waals surface area (Å²) in [7, 11) is 0. The van der Waals surface area contributed by atoms with E-state index in [2.05, 4.69) is 28.6 Å². The van der Waals surface area contributed by atoms with Crippen molar-refractivity contribution in [3.05, 3.63) is 0 Å². The Labute approximate surface area is 138 Å². The van der Waals surface area contributed by atoms with E-state index in [9.17, 15) is 24.3 Å². The first-order valence-corrected chi connectivity index (χ1v) is 7.38. The molecule has 4 unspecified atom stereocenters. The monoisotopic (exact) mass is 350 g/mol. The van der Waals surface area contributed by atoms with Crippen molar-refractivity contribution in [2.45, 2.75) is 38.0 Å². The van der Waals surface area contributed by atoms with Gasteiger partial charge in [-0.3, -0.25) is 19.2 Å². The Morgan fingerprint density at radius 1 is 1.00 bits per heavy atom. The number of carboxylic acid groups (broad SMARTS) is 1. The van der Waals surface area contributed by atoms with Crippen molar-refractivity contribution in [2.24, 2.45) is 5.73 Å². The summed E-state index contributed by atoms with van der Waals surface area (Å²) in [6.07, 6.45) is 0. The van der Waals surface area contributed by atoms with Gasteiger partial charge in [-0.2, -0.15) is 12.6 Å². The lowest BCUT2D eigenvalue weighted by Crippen LogP contribution is -2.58. The number of hydrogen-bond donors (Lipinski definition) is 7. The third-order valence-electron chi connectivity index (χ3n) is 2.77. The molecule has 0 aromatic carbocycles. The summed E-state index contributed by atoms with van der Waals surface area (Å²) in [6.45, 7) is 1.92. The van der Waals surface area contributed by atoms with Crippen molar-refractivity contribution in [3.8, 4) is 0 Å². The maximum atomic E-state index is 12.0. The molecule has 0 aliphatic carbocycles. The summed E-state index contributed by atoms with van der Waals surface area (Å²) < 4.78 is 0. The van der Waals surface area contributed by atoms with Crippen LogP contribution in [0.1, 0.15) is 13.8 Å². The second-order valence-electron chi connectivity index (χ2n) is 4.84. The van der Waals surface area contributed by atoms with Crippen molar-refractivity contribution in [1.29, 1.82) is 0 Å². The predicted molar refractivity (Wildman–Crippen MR) is 83.7 cm³/mol. The van der Waals surface area contributed by atoms with Crippen LogP contribution in [-0.2, 0) is 19.2 Å². The number of carboxylic acids is 1. The van der Waals surface area contributed by atoms with Gasteiger partial charge in [-0.15, -0.1) is 0 Å². The summed E-state index contributed by atoms with van der Waals surface area (Å²) in [5.74, 6) is -3.53. The van der Waals surface area contributed by atoms with Crippen LogP contribution in [0.4, 0.5) is 0 Å². The van der Waals surface area contributed by atoms with E-state index in [0.29, 0.717) is 0 Å². The topological polar surface area (TPSA) is 171 Å². The van der Waals surface area contributed by atoms with Crippen LogP contribution in [0, 0.1) is 0 Å². The largest absolute Gasteiger partial charge is 0.480 e. The Hall–Kier alpha value is -1.85. The quantitative estimate of drug-likeness (QED) is 0.215. The van der Waals surface area contributed by atoms with Crippen LogP contribution >= 0.6 is 12.6 Å². The first kappa shape index (κ1) is 21.1. The number of hydrogen-bond acceptors (Lipinski definition) is 7. The second kappa shape index (κ2) is 10.0. The molecule has 0 aromatic rings. The first-order valence-electron chi connectivity index (χ1n) is 6.75. The maximum Gasteiger partial charge on any atom is 0.325 e. The van der Waals surface area contributed by atoms with Gasteiger partial charge in [0.25, 0.3) is 0 Å². The molecular weight excluding hydrogens is 328 g/mol. The summed E-state index contributed by atoms with van der Waals surface area (Å²) >= 11 is 3.93. The maximum absolute atomic E-state index is 12.0. The van der Waals surface area contributed by atoms with Crippen molar-refractivity contribution < 1.29 is 29.4 Å². The van der Waals surface area contributed by atoms with E-state index in [4.69, 9.17) is 10.8 Å². The van der Waals surface area contributed by atoms with Crippen molar-refractivity contribution in [2.75, 3.05) is 12.4 Å². The zero-order valence-corrected chi connectivity index (χ0v) is 13.7. The Balaban J connectivity index is 4.76. The molecule has 10 nitrogen and oxygen atoms in total. The molecule has 0 radical (unpaired) electrons. The smallest absolute Gasteiger partial charge is 0.325 e. The van der Waals surface area contributed by atoms with E-state index in [1.54, 1.807) is 0 Å². The minimum absolute atomic E-state index is 0.0599. The predicted octanol–water partition coefficient (Wildman–Crippen LogP) is -3.19. The zero-order valence-electron chi connectivity index (χ0n) is 12.8. The van der Waals surface area contributed by atoms with Crippen LogP contribution in [0.15, 0.2) is 0 Å². The molecule has 0 saturated heterocycles. The molecule has 0 fully saturated rings. The summed E-state index contributed by atoms with van der Waals surface area (Å²) in [5.41, 5.74) is 5.37. The highest BCUT2D eigenvalue weighted by Gasteiger charge is 2.27. The molecule has 23 heavy (non-hydrogen) atoms. The molecule has 7 N–H and O–H groups in total. The van der Waals surface area contributed by atoms with Gasteiger partial charge >= 0.3 is 5.97 Å². The summed E-state index contributed by atoms with van der Waals surface area (Å²) in [5, 5.41) is 24.5. The third kappa shape index (κ3) is 7.30. The van der Waals surface area contributed by atoms with Crippen LogP contribution < -0.4 is 21.7 Å². The lowest BCUT2D eigenvalue weighted by atomic mass is 10.2. The molecule has 0 heterocycles. The van der Waals surface area contributed by atoms with E-state index in [1.807, 2.05) is 0 Å². The molecule has 0 saturated carbocycles. The number of thiol groups is 1. The van der Waals surface area contributed by atoms with Gasteiger partial charge in [0.1, 0.15) is 18.1 Å². The number of carbonyl (C=O) groups is 4. The molecule has 0 bridgehead atoms. The second-order valence-corrected chi connectivity index (χ2v) is 5.21. The minimum atomic E-state index is -1.36. The molecule has 4 atom stereocenters. The lowest BCUT2D eigenvalue weighted by molar-refractivity contribution is -0.142. The zero-order chi connectivity index (χ0) is 18.2. The van der Waals surface area contributed by atoms with E-state index in [-0.39, 0.29) is 5.75 Å². The molecule has 0 aliphatic rings. The van der Waals surface area contributed by atoms with Crippen molar-refractivity contribution in [1.82, 2.24) is 16.0 Å². The van der Waals surface area contributed by atoms with Gasteiger partial charge in [-0.05, 0) is 13.8 Å². The number of rotatable bonds is 9. The Bertz CT molecular complexity index is 459. The standard InChI is InChI=1S/C12H22N4O6S/c1-5(13)9(18)16-8(4-23)11(20)15-7(3-17)10(19)14-6(2)12(21)22/h5-8,17,23H,3-4,13H2,1-2H3,(H,14,19)(H,15,20)(H,16,18)(H,21,22). The highest BCUT2D eigenvalue weighted by molar-refractivity contribution is 7.80. The van der Waals surface area contributed by atoms with Gasteiger partial charge in [-0.1, -0.05) is 0 Å².